The highest BCUT2D eigenvalue weighted by molar-refractivity contribution is 8.00. The lowest BCUT2D eigenvalue weighted by atomic mass is 9.77. The Morgan fingerprint density at radius 2 is 1.82 bits per heavy atom. The predicted octanol–water partition coefficient (Wildman–Crippen LogP) is 6.33. The van der Waals surface area contributed by atoms with Crippen LogP contribution in [0.1, 0.15) is 39.9 Å². The van der Waals surface area contributed by atoms with E-state index in [9.17, 15) is 20.0 Å². The number of nitro groups is 1. The molecule has 0 aromatic heterocycles. The first kappa shape index (κ1) is 21.8. The van der Waals surface area contributed by atoms with Gasteiger partial charge < -0.3 is 10.4 Å². The maximum atomic E-state index is 11.6. The van der Waals surface area contributed by atoms with Crippen molar-refractivity contribution in [3.05, 3.63) is 99.6 Å². The van der Waals surface area contributed by atoms with Gasteiger partial charge in [-0.05, 0) is 47.7 Å². The Morgan fingerprint density at radius 1 is 1.09 bits per heavy atom. The first-order valence-electron chi connectivity index (χ1n) is 10.7. The summed E-state index contributed by atoms with van der Waals surface area (Å²) in [6.07, 6.45) is 0.749. The van der Waals surface area contributed by atoms with E-state index in [1.54, 1.807) is 30.3 Å². The van der Waals surface area contributed by atoms with Crippen molar-refractivity contribution >= 4 is 40.7 Å². The standard InChI is InChI=1S/C25H21ClN2O4S/c26-23-21(33-20-9-5-4-8-19(20)28(31)32)13-17-22(23)16-12-15(25(29)30)10-11-18(16)27-24(17)14-6-2-1-3-7-14/h1-12,17,21-24,27H,13H2,(H,29,30)/t17-,21-,22+,23-,24-/m0/s1. The van der Waals surface area contributed by atoms with Gasteiger partial charge in [-0.3, -0.25) is 10.1 Å². The van der Waals surface area contributed by atoms with Crippen molar-refractivity contribution in [3.8, 4) is 0 Å². The second-order valence-corrected chi connectivity index (χ2v) is 10.2. The molecule has 0 radical (unpaired) electrons. The third-order valence-corrected chi connectivity index (χ3v) is 8.67. The van der Waals surface area contributed by atoms with E-state index < -0.39 is 5.97 Å². The molecule has 1 aliphatic carbocycles. The fraction of sp³-hybridized carbons (Fsp3) is 0.240. The quantitative estimate of drug-likeness (QED) is 0.252. The minimum absolute atomic E-state index is 0.0111. The lowest BCUT2D eigenvalue weighted by Gasteiger charge is -2.38. The molecule has 0 saturated heterocycles. The number of para-hydroxylation sites is 1. The van der Waals surface area contributed by atoms with Crippen molar-refractivity contribution in [3.63, 3.8) is 0 Å². The Balaban J connectivity index is 1.55. The first-order chi connectivity index (χ1) is 15.9. The Bertz CT molecular complexity index is 1220. The van der Waals surface area contributed by atoms with Gasteiger partial charge in [-0.15, -0.1) is 23.4 Å². The normalized spacial score (nSPS) is 25.5. The molecule has 1 heterocycles. The van der Waals surface area contributed by atoms with Gasteiger partial charge in [-0.1, -0.05) is 42.5 Å². The molecule has 0 amide bonds. The highest BCUT2D eigenvalue weighted by Crippen LogP contribution is 2.58. The molecule has 5 rings (SSSR count). The number of nitro benzene ring substituents is 1. The first-order valence-corrected chi connectivity index (χ1v) is 12.0. The number of carboxylic acids is 1. The number of alkyl halides is 1. The average molecular weight is 481 g/mol. The Morgan fingerprint density at radius 3 is 2.55 bits per heavy atom. The van der Waals surface area contributed by atoms with Gasteiger partial charge in [0.1, 0.15) is 0 Å². The minimum Gasteiger partial charge on any atom is -0.478 e. The highest BCUT2D eigenvalue weighted by atomic mass is 35.5. The second-order valence-electron chi connectivity index (χ2n) is 8.39. The smallest absolute Gasteiger partial charge is 0.335 e. The maximum Gasteiger partial charge on any atom is 0.335 e. The number of nitrogens with one attached hydrogen (secondary N) is 1. The van der Waals surface area contributed by atoms with Crippen LogP contribution in [0.4, 0.5) is 11.4 Å². The number of thioether (sulfide) groups is 1. The van der Waals surface area contributed by atoms with Crippen LogP contribution in [0.3, 0.4) is 0 Å². The molecule has 5 atom stereocenters. The number of rotatable bonds is 5. The van der Waals surface area contributed by atoms with Crippen molar-refractivity contribution in [2.45, 2.75) is 33.9 Å². The summed E-state index contributed by atoms with van der Waals surface area (Å²) < 4.78 is 0. The van der Waals surface area contributed by atoms with Crippen molar-refractivity contribution in [1.82, 2.24) is 0 Å². The lowest BCUT2D eigenvalue weighted by Crippen LogP contribution is -2.31. The third-order valence-electron chi connectivity index (χ3n) is 6.56. The zero-order chi connectivity index (χ0) is 23.1. The molecule has 0 bridgehead atoms. The van der Waals surface area contributed by atoms with Crippen LogP contribution < -0.4 is 5.32 Å². The Labute approximate surface area is 200 Å². The molecule has 1 aliphatic heterocycles. The monoisotopic (exact) mass is 480 g/mol. The summed E-state index contributed by atoms with van der Waals surface area (Å²) in [6, 6.07) is 22.0. The van der Waals surface area contributed by atoms with E-state index in [1.807, 2.05) is 24.3 Å². The molecule has 8 heteroatoms. The summed E-state index contributed by atoms with van der Waals surface area (Å²) in [4.78, 5) is 23.4. The van der Waals surface area contributed by atoms with Crippen LogP contribution in [0, 0.1) is 16.0 Å². The minimum atomic E-state index is -0.977. The van der Waals surface area contributed by atoms with Crippen LogP contribution >= 0.6 is 23.4 Å². The number of hydrogen-bond acceptors (Lipinski definition) is 5. The summed E-state index contributed by atoms with van der Waals surface area (Å²) in [5, 5.41) is 24.3. The molecule has 2 N–H and O–H groups in total. The van der Waals surface area contributed by atoms with Gasteiger partial charge in [0.05, 0.1) is 26.8 Å². The fourth-order valence-corrected chi connectivity index (χ4v) is 7.05. The SMILES string of the molecule is O=C(O)c1ccc2c(c1)[C@H]1[C@@H](Cl)[C@@H](Sc3ccccc3[N+](=O)[O-])C[C@@H]1[C@H](c1ccccc1)N2. The van der Waals surface area contributed by atoms with Crippen molar-refractivity contribution in [2.75, 3.05) is 5.32 Å². The summed E-state index contributed by atoms with van der Waals surface area (Å²) >= 11 is 8.53. The molecular formula is C25H21ClN2O4S. The van der Waals surface area contributed by atoms with E-state index in [4.69, 9.17) is 11.6 Å². The summed E-state index contributed by atoms with van der Waals surface area (Å²) in [5.41, 5.74) is 3.23. The number of carboxylic acid groups (broad SMARTS) is 1. The number of nitrogens with zero attached hydrogens (tertiary/aromatic N) is 1. The van der Waals surface area contributed by atoms with Crippen LogP contribution in [-0.2, 0) is 0 Å². The molecule has 168 valence electrons. The van der Waals surface area contributed by atoms with Gasteiger partial charge >= 0.3 is 5.97 Å². The van der Waals surface area contributed by atoms with Crippen molar-refractivity contribution < 1.29 is 14.8 Å². The van der Waals surface area contributed by atoms with Gasteiger partial charge in [0.2, 0.25) is 0 Å². The Kier molecular flexibility index (Phi) is 5.76. The second kappa shape index (κ2) is 8.72. The number of benzene rings is 3. The van der Waals surface area contributed by atoms with E-state index >= 15 is 0 Å². The largest absolute Gasteiger partial charge is 0.478 e. The number of hydrogen-bond donors (Lipinski definition) is 2. The molecule has 6 nitrogen and oxygen atoms in total. The van der Waals surface area contributed by atoms with E-state index in [-0.39, 0.29) is 44.7 Å². The van der Waals surface area contributed by atoms with Crippen LogP contribution in [0.5, 0.6) is 0 Å². The van der Waals surface area contributed by atoms with Gasteiger partial charge in [0.15, 0.2) is 0 Å². The summed E-state index contributed by atoms with van der Waals surface area (Å²) in [5.74, 6) is -0.936. The van der Waals surface area contributed by atoms with Gasteiger partial charge in [-0.25, -0.2) is 4.79 Å². The molecule has 3 aromatic carbocycles. The predicted molar refractivity (Wildman–Crippen MR) is 129 cm³/mol. The van der Waals surface area contributed by atoms with Crippen molar-refractivity contribution in [1.29, 1.82) is 0 Å². The van der Waals surface area contributed by atoms with Crippen LogP contribution in [0.2, 0.25) is 0 Å². The highest BCUT2D eigenvalue weighted by Gasteiger charge is 2.50. The van der Waals surface area contributed by atoms with Crippen LogP contribution in [-0.4, -0.2) is 26.6 Å². The summed E-state index contributed by atoms with van der Waals surface area (Å²) in [7, 11) is 0. The van der Waals surface area contributed by atoms with Crippen LogP contribution in [0.25, 0.3) is 0 Å². The van der Waals surface area contributed by atoms with E-state index in [0.29, 0.717) is 4.90 Å². The molecular weight excluding hydrogens is 460 g/mol. The van der Waals surface area contributed by atoms with Gasteiger partial charge in [-0.2, -0.15) is 0 Å². The fourth-order valence-electron chi connectivity index (χ4n) is 5.11. The van der Waals surface area contributed by atoms with E-state index in [0.717, 1.165) is 23.2 Å². The third kappa shape index (κ3) is 3.96. The molecule has 0 unspecified atom stereocenters. The number of halogens is 1. The van der Waals surface area contributed by atoms with Crippen LogP contribution in [0.15, 0.2) is 77.7 Å². The van der Waals surface area contributed by atoms with Gasteiger partial charge in [0, 0.05) is 22.9 Å². The molecule has 1 saturated carbocycles. The summed E-state index contributed by atoms with van der Waals surface area (Å²) in [6.45, 7) is 0. The maximum absolute atomic E-state index is 11.6. The van der Waals surface area contributed by atoms with Gasteiger partial charge in [0.25, 0.3) is 5.69 Å². The zero-order valence-corrected chi connectivity index (χ0v) is 19.0. The van der Waals surface area contributed by atoms with E-state index in [1.165, 1.54) is 17.8 Å². The molecule has 2 aliphatic rings. The lowest BCUT2D eigenvalue weighted by molar-refractivity contribution is -0.387. The zero-order valence-electron chi connectivity index (χ0n) is 17.4. The van der Waals surface area contributed by atoms with Crippen molar-refractivity contribution in [2.24, 2.45) is 5.92 Å². The topological polar surface area (TPSA) is 92.5 Å². The average Bonchev–Trinajstić information content (AvgIpc) is 3.15. The van der Waals surface area contributed by atoms with E-state index in [2.05, 4.69) is 17.4 Å². The molecule has 33 heavy (non-hydrogen) atoms. The number of anilines is 1. The Hall–Kier alpha value is -3.03. The molecule has 3 aromatic rings. The number of aromatic carboxylic acids is 1. The number of fused-ring (bicyclic) bond motifs is 3. The molecule has 0 spiro atoms. The molecule has 1 fully saturated rings. The number of carbonyl (C=O) groups is 1.